The first kappa shape index (κ1) is 15.3. The number of amides is 1. The quantitative estimate of drug-likeness (QED) is 0.941. The number of para-hydroxylation sites is 1. The lowest BCUT2D eigenvalue weighted by molar-refractivity contribution is -0.143. The Hall–Kier alpha value is -2.63. The average molecular weight is 313 g/mol. The van der Waals surface area contributed by atoms with Crippen LogP contribution in [0.4, 0.5) is 0 Å². The van der Waals surface area contributed by atoms with Crippen molar-refractivity contribution in [3.63, 3.8) is 0 Å². The predicted octanol–water partition coefficient (Wildman–Crippen LogP) is 2.06. The SMILES string of the molecule is CC1CC(C(=O)O)CN(C(=O)c2ccccc2-n2cccn2)C1. The summed E-state index contributed by atoms with van der Waals surface area (Å²) in [6.45, 7) is 2.82. The zero-order valence-corrected chi connectivity index (χ0v) is 12.9. The fourth-order valence-electron chi connectivity index (χ4n) is 3.13. The molecule has 1 aromatic carbocycles. The van der Waals surface area contributed by atoms with Crippen molar-refractivity contribution < 1.29 is 14.7 Å². The molecule has 23 heavy (non-hydrogen) atoms. The van der Waals surface area contributed by atoms with Gasteiger partial charge in [-0.15, -0.1) is 0 Å². The highest BCUT2D eigenvalue weighted by atomic mass is 16.4. The summed E-state index contributed by atoms with van der Waals surface area (Å²) in [6.07, 6.45) is 4.05. The van der Waals surface area contributed by atoms with Crippen LogP contribution in [0.1, 0.15) is 23.7 Å². The van der Waals surface area contributed by atoms with Crippen LogP contribution in [0.25, 0.3) is 5.69 Å². The first-order valence-corrected chi connectivity index (χ1v) is 7.67. The molecule has 2 unspecified atom stereocenters. The lowest BCUT2D eigenvalue weighted by atomic mass is 9.90. The molecule has 1 aromatic heterocycles. The summed E-state index contributed by atoms with van der Waals surface area (Å²) in [7, 11) is 0. The van der Waals surface area contributed by atoms with Crippen LogP contribution in [0.5, 0.6) is 0 Å². The molecular formula is C17H19N3O3. The molecule has 6 heteroatoms. The number of carbonyl (C=O) groups is 2. The third-order valence-corrected chi connectivity index (χ3v) is 4.18. The third kappa shape index (κ3) is 3.11. The maximum atomic E-state index is 12.9. The van der Waals surface area contributed by atoms with Gasteiger partial charge in [0.05, 0.1) is 17.2 Å². The molecule has 0 aliphatic carbocycles. The highest BCUT2D eigenvalue weighted by molar-refractivity contribution is 5.98. The van der Waals surface area contributed by atoms with Crippen molar-refractivity contribution in [2.24, 2.45) is 11.8 Å². The lowest BCUT2D eigenvalue weighted by Gasteiger charge is -2.35. The zero-order valence-electron chi connectivity index (χ0n) is 12.9. The number of carbonyl (C=O) groups excluding carboxylic acids is 1. The summed E-state index contributed by atoms with van der Waals surface area (Å²) in [5.41, 5.74) is 1.24. The van der Waals surface area contributed by atoms with E-state index >= 15 is 0 Å². The molecule has 3 rings (SSSR count). The fourth-order valence-corrected chi connectivity index (χ4v) is 3.13. The molecule has 2 aromatic rings. The van der Waals surface area contributed by atoms with Crippen LogP contribution in [-0.2, 0) is 4.79 Å². The second-order valence-corrected chi connectivity index (χ2v) is 6.05. The topological polar surface area (TPSA) is 75.4 Å². The van der Waals surface area contributed by atoms with E-state index in [2.05, 4.69) is 5.10 Å². The van der Waals surface area contributed by atoms with Gasteiger partial charge in [-0.1, -0.05) is 19.1 Å². The van der Waals surface area contributed by atoms with E-state index in [9.17, 15) is 14.7 Å². The van der Waals surface area contributed by atoms with Gasteiger partial charge in [0.15, 0.2) is 0 Å². The zero-order chi connectivity index (χ0) is 16.4. The van der Waals surface area contributed by atoms with E-state index < -0.39 is 11.9 Å². The lowest BCUT2D eigenvalue weighted by Crippen LogP contribution is -2.45. The first-order chi connectivity index (χ1) is 11.1. The summed E-state index contributed by atoms with van der Waals surface area (Å²) in [6, 6.07) is 9.05. The molecule has 1 fully saturated rings. The minimum Gasteiger partial charge on any atom is -0.481 e. The molecule has 0 radical (unpaired) electrons. The molecule has 0 spiro atoms. The molecule has 120 valence electrons. The number of nitrogens with zero attached hydrogens (tertiary/aromatic N) is 3. The summed E-state index contributed by atoms with van der Waals surface area (Å²) in [5.74, 6) is -1.31. The standard InChI is InChI=1S/C17H19N3O3/c1-12-9-13(17(22)23)11-19(10-12)16(21)14-5-2-3-6-15(14)20-8-4-7-18-20/h2-8,12-13H,9-11H2,1H3,(H,22,23). The van der Waals surface area contributed by atoms with Crippen LogP contribution in [0.2, 0.25) is 0 Å². The smallest absolute Gasteiger partial charge is 0.308 e. The van der Waals surface area contributed by atoms with Crippen molar-refractivity contribution in [2.75, 3.05) is 13.1 Å². The van der Waals surface area contributed by atoms with Crippen molar-refractivity contribution in [1.82, 2.24) is 14.7 Å². The molecule has 0 bridgehead atoms. The number of carboxylic acids is 1. The van der Waals surface area contributed by atoms with Crippen LogP contribution >= 0.6 is 0 Å². The molecule has 2 heterocycles. The second-order valence-electron chi connectivity index (χ2n) is 6.05. The van der Waals surface area contributed by atoms with Crippen LogP contribution in [-0.4, -0.2) is 44.8 Å². The van der Waals surface area contributed by atoms with Crippen LogP contribution in [0.3, 0.4) is 0 Å². The van der Waals surface area contributed by atoms with Crippen molar-refractivity contribution in [3.05, 3.63) is 48.3 Å². The van der Waals surface area contributed by atoms with Gasteiger partial charge in [0, 0.05) is 25.5 Å². The van der Waals surface area contributed by atoms with E-state index in [1.165, 1.54) is 0 Å². The van der Waals surface area contributed by atoms with E-state index in [1.807, 2.05) is 25.1 Å². The number of hydrogen-bond donors (Lipinski definition) is 1. The van der Waals surface area contributed by atoms with E-state index in [-0.39, 0.29) is 18.4 Å². The number of benzene rings is 1. The van der Waals surface area contributed by atoms with Gasteiger partial charge in [-0.25, -0.2) is 4.68 Å². The van der Waals surface area contributed by atoms with Crippen molar-refractivity contribution in [2.45, 2.75) is 13.3 Å². The fraction of sp³-hybridized carbons (Fsp3) is 0.353. The van der Waals surface area contributed by atoms with Gasteiger partial charge in [0.25, 0.3) is 5.91 Å². The van der Waals surface area contributed by atoms with Gasteiger partial charge >= 0.3 is 5.97 Å². The summed E-state index contributed by atoms with van der Waals surface area (Å²) < 4.78 is 1.65. The summed E-state index contributed by atoms with van der Waals surface area (Å²) >= 11 is 0. The van der Waals surface area contributed by atoms with E-state index in [0.29, 0.717) is 24.2 Å². The van der Waals surface area contributed by atoms with E-state index in [0.717, 1.165) is 0 Å². The van der Waals surface area contributed by atoms with Crippen molar-refractivity contribution >= 4 is 11.9 Å². The Labute approximate surface area is 134 Å². The minimum absolute atomic E-state index is 0.145. The summed E-state index contributed by atoms with van der Waals surface area (Å²) in [5, 5.41) is 13.5. The number of carboxylic acid groups (broad SMARTS) is 1. The normalized spacial score (nSPS) is 21.2. The average Bonchev–Trinajstić information content (AvgIpc) is 3.08. The van der Waals surface area contributed by atoms with Gasteiger partial charge in [0.2, 0.25) is 0 Å². The number of aliphatic carboxylic acids is 1. The molecule has 1 saturated heterocycles. The maximum absolute atomic E-state index is 12.9. The van der Waals surface area contributed by atoms with Crippen LogP contribution < -0.4 is 0 Å². The Morgan fingerprint density at radius 1 is 1.22 bits per heavy atom. The number of likely N-dealkylation sites (tertiary alicyclic amines) is 1. The molecule has 1 N–H and O–H groups in total. The van der Waals surface area contributed by atoms with Gasteiger partial charge < -0.3 is 10.0 Å². The van der Waals surface area contributed by atoms with Gasteiger partial charge in [-0.2, -0.15) is 5.10 Å². The predicted molar refractivity (Wildman–Crippen MR) is 84.4 cm³/mol. The molecule has 1 amide bonds. The minimum atomic E-state index is -0.838. The van der Waals surface area contributed by atoms with Crippen molar-refractivity contribution in [3.8, 4) is 5.69 Å². The largest absolute Gasteiger partial charge is 0.481 e. The molecule has 1 aliphatic heterocycles. The highest BCUT2D eigenvalue weighted by Gasteiger charge is 2.33. The van der Waals surface area contributed by atoms with Crippen molar-refractivity contribution in [1.29, 1.82) is 0 Å². The Morgan fingerprint density at radius 3 is 2.70 bits per heavy atom. The monoisotopic (exact) mass is 313 g/mol. The van der Waals surface area contributed by atoms with Gasteiger partial charge in [0.1, 0.15) is 0 Å². The third-order valence-electron chi connectivity index (χ3n) is 4.18. The second kappa shape index (κ2) is 6.24. The first-order valence-electron chi connectivity index (χ1n) is 7.67. The number of piperidine rings is 1. The van der Waals surface area contributed by atoms with E-state index in [4.69, 9.17) is 0 Å². The Kier molecular flexibility index (Phi) is 4.14. The molecule has 0 saturated carbocycles. The van der Waals surface area contributed by atoms with Gasteiger partial charge in [-0.3, -0.25) is 9.59 Å². The summed E-state index contributed by atoms with van der Waals surface area (Å²) in [4.78, 5) is 25.9. The number of hydrogen-bond acceptors (Lipinski definition) is 3. The number of aromatic nitrogens is 2. The van der Waals surface area contributed by atoms with Crippen LogP contribution in [0.15, 0.2) is 42.7 Å². The Morgan fingerprint density at radius 2 is 2.00 bits per heavy atom. The molecule has 1 aliphatic rings. The number of rotatable bonds is 3. The Bertz CT molecular complexity index is 712. The molecular weight excluding hydrogens is 294 g/mol. The molecule has 6 nitrogen and oxygen atoms in total. The maximum Gasteiger partial charge on any atom is 0.308 e. The van der Waals surface area contributed by atoms with Crippen LogP contribution in [0, 0.1) is 11.8 Å². The Balaban J connectivity index is 1.90. The van der Waals surface area contributed by atoms with E-state index in [1.54, 1.807) is 34.1 Å². The van der Waals surface area contributed by atoms with Gasteiger partial charge in [-0.05, 0) is 30.5 Å². The highest BCUT2D eigenvalue weighted by Crippen LogP contribution is 2.25. The molecule has 2 atom stereocenters.